The second-order valence-corrected chi connectivity index (χ2v) is 6.55. The monoisotopic (exact) mass is 358 g/mol. The second kappa shape index (κ2) is 8.21. The largest absolute Gasteiger partial charge is 0.370 e. The average Bonchev–Trinajstić information content (AvgIpc) is 2.66. The number of aromatic nitrogens is 1. The maximum absolute atomic E-state index is 12.6. The quantitative estimate of drug-likeness (QED) is 0.888. The highest BCUT2D eigenvalue weighted by molar-refractivity contribution is 6.30. The highest BCUT2D eigenvalue weighted by Gasteiger charge is 2.22. The topological polar surface area (TPSA) is 48.5 Å². The van der Waals surface area contributed by atoms with E-state index in [1.807, 2.05) is 35.2 Å². The number of pyridine rings is 1. The molecule has 1 aliphatic rings. The maximum atomic E-state index is 12.6. The van der Waals surface area contributed by atoms with Gasteiger partial charge in [-0.3, -0.25) is 4.79 Å². The molecule has 132 valence electrons. The molecule has 1 fully saturated rings. The van der Waals surface area contributed by atoms with Crippen molar-refractivity contribution in [2.24, 2.45) is 0 Å². The molecule has 1 aromatic heterocycles. The van der Waals surface area contributed by atoms with Crippen LogP contribution in [0.1, 0.15) is 23.7 Å². The molecule has 6 heteroatoms. The van der Waals surface area contributed by atoms with Crippen LogP contribution in [0.15, 0.2) is 42.6 Å². The van der Waals surface area contributed by atoms with Crippen molar-refractivity contribution in [3.05, 3.63) is 53.2 Å². The van der Waals surface area contributed by atoms with Gasteiger partial charge in [-0.1, -0.05) is 24.6 Å². The van der Waals surface area contributed by atoms with E-state index < -0.39 is 0 Å². The van der Waals surface area contributed by atoms with Gasteiger partial charge in [0.2, 0.25) is 0 Å². The standard InChI is InChI=1S/C19H23ClN4O/c1-2-8-21-18-7-6-15(14-22-18)19(25)24-11-9-23(10-12-24)17-5-3-4-16(20)13-17/h3-7,13-14H,2,8-12H2,1H3,(H,21,22). The van der Waals surface area contributed by atoms with Gasteiger partial charge in [-0.15, -0.1) is 0 Å². The molecule has 1 aromatic carbocycles. The number of nitrogens with one attached hydrogen (secondary N) is 1. The molecule has 0 aliphatic carbocycles. The van der Waals surface area contributed by atoms with Gasteiger partial charge in [0, 0.05) is 49.6 Å². The first-order chi connectivity index (χ1) is 12.2. The van der Waals surface area contributed by atoms with Gasteiger partial charge in [0.05, 0.1) is 5.56 Å². The van der Waals surface area contributed by atoms with Crippen molar-refractivity contribution >= 4 is 29.0 Å². The summed E-state index contributed by atoms with van der Waals surface area (Å²) in [6, 6.07) is 11.5. The summed E-state index contributed by atoms with van der Waals surface area (Å²) in [5.41, 5.74) is 1.74. The fraction of sp³-hybridized carbons (Fsp3) is 0.368. The number of rotatable bonds is 5. The van der Waals surface area contributed by atoms with Gasteiger partial charge >= 0.3 is 0 Å². The molecule has 3 rings (SSSR count). The predicted molar refractivity (Wildman–Crippen MR) is 103 cm³/mol. The third-order valence-electron chi connectivity index (χ3n) is 4.31. The Balaban J connectivity index is 1.58. The van der Waals surface area contributed by atoms with E-state index in [4.69, 9.17) is 11.6 Å². The van der Waals surface area contributed by atoms with E-state index in [-0.39, 0.29) is 5.91 Å². The first kappa shape index (κ1) is 17.5. The summed E-state index contributed by atoms with van der Waals surface area (Å²) in [6.45, 7) is 5.98. The van der Waals surface area contributed by atoms with Crippen molar-refractivity contribution in [3.63, 3.8) is 0 Å². The normalized spacial score (nSPS) is 14.5. The molecule has 5 nitrogen and oxygen atoms in total. The van der Waals surface area contributed by atoms with Crippen LogP contribution in [-0.2, 0) is 0 Å². The minimum absolute atomic E-state index is 0.0419. The Bertz CT molecular complexity index is 712. The van der Waals surface area contributed by atoms with E-state index in [1.165, 1.54) is 0 Å². The third-order valence-corrected chi connectivity index (χ3v) is 4.54. The second-order valence-electron chi connectivity index (χ2n) is 6.12. The van der Waals surface area contributed by atoms with Crippen molar-refractivity contribution in [2.75, 3.05) is 42.9 Å². The van der Waals surface area contributed by atoms with Gasteiger partial charge in [-0.25, -0.2) is 4.98 Å². The van der Waals surface area contributed by atoms with E-state index in [9.17, 15) is 4.79 Å². The highest BCUT2D eigenvalue weighted by atomic mass is 35.5. The van der Waals surface area contributed by atoms with Crippen LogP contribution in [0.5, 0.6) is 0 Å². The number of carbonyl (C=O) groups is 1. The number of piperazine rings is 1. The lowest BCUT2D eigenvalue weighted by Crippen LogP contribution is -2.48. The van der Waals surface area contributed by atoms with Gasteiger partial charge in [-0.2, -0.15) is 0 Å². The summed E-state index contributed by atoms with van der Waals surface area (Å²) in [6.07, 6.45) is 2.70. The molecular formula is C19H23ClN4O. The molecule has 25 heavy (non-hydrogen) atoms. The van der Waals surface area contributed by atoms with E-state index >= 15 is 0 Å². The average molecular weight is 359 g/mol. The summed E-state index contributed by atoms with van der Waals surface area (Å²) in [4.78, 5) is 21.1. The molecule has 0 atom stereocenters. The number of nitrogens with zero attached hydrogens (tertiary/aromatic N) is 3. The molecule has 1 amide bonds. The lowest BCUT2D eigenvalue weighted by atomic mass is 10.2. The SMILES string of the molecule is CCCNc1ccc(C(=O)N2CCN(c3cccc(Cl)c3)CC2)cn1. The zero-order chi connectivity index (χ0) is 17.6. The summed E-state index contributed by atoms with van der Waals surface area (Å²) in [5.74, 6) is 0.851. The van der Waals surface area contributed by atoms with Crippen LogP contribution in [0.4, 0.5) is 11.5 Å². The molecule has 1 aliphatic heterocycles. The van der Waals surface area contributed by atoms with Gasteiger partial charge in [-0.05, 0) is 36.8 Å². The smallest absolute Gasteiger partial charge is 0.255 e. The Kier molecular flexibility index (Phi) is 5.76. The van der Waals surface area contributed by atoms with E-state index in [1.54, 1.807) is 6.20 Å². The van der Waals surface area contributed by atoms with Gasteiger partial charge in [0.25, 0.3) is 5.91 Å². The fourth-order valence-electron chi connectivity index (χ4n) is 2.90. The lowest BCUT2D eigenvalue weighted by Gasteiger charge is -2.36. The molecule has 0 spiro atoms. The van der Waals surface area contributed by atoms with Crippen LogP contribution in [0.2, 0.25) is 5.02 Å². The molecular weight excluding hydrogens is 336 g/mol. The first-order valence-electron chi connectivity index (χ1n) is 8.67. The van der Waals surface area contributed by atoms with Crippen LogP contribution in [0.25, 0.3) is 0 Å². The Morgan fingerprint density at radius 1 is 1.20 bits per heavy atom. The Morgan fingerprint density at radius 3 is 2.64 bits per heavy atom. The number of hydrogen-bond acceptors (Lipinski definition) is 4. The minimum Gasteiger partial charge on any atom is -0.370 e. The van der Waals surface area contributed by atoms with Gasteiger partial charge < -0.3 is 15.1 Å². The summed E-state index contributed by atoms with van der Waals surface area (Å²) >= 11 is 6.06. The number of anilines is 2. The first-order valence-corrected chi connectivity index (χ1v) is 9.05. The van der Waals surface area contributed by atoms with Crippen LogP contribution >= 0.6 is 11.6 Å². The van der Waals surface area contributed by atoms with E-state index in [2.05, 4.69) is 28.2 Å². The van der Waals surface area contributed by atoms with Crippen molar-refractivity contribution in [2.45, 2.75) is 13.3 Å². The van der Waals surface area contributed by atoms with E-state index in [0.29, 0.717) is 18.7 Å². The Morgan fingerprint density at radius 2 is 2.00 bits per heavy atom. The van der Waals surface area contributed by atoms with E-state index in [0.717, 1.165) is 42.6 Å². The van der Waals surface area contributed by atoms with Crippen LogP contribution < -0.4 is 10.2 Å². The number of amides is 1. The molecule has 2 heterocycles. The van der Waals surface area contributed by atoms with Crippen LogP contribution in [0, 0.1) is 0 Å². The van der Waals surface area contributed by atoms with Crippen molar-refractivity contribution in [1.29, 1.82) is 0 Å². The molecule has 1 saturated heterocycles. The van der Waals surface area contributed by atoms with Crippen molar-refractivity contribution in [3.8, 4) is 0 Å². The predicted octanol–water partition coefficient (Wildman–Crippen LogP) is 3.52. The number of carbonyl (C=O) groups excluding carboxylic acids is 1. The summed E-state index contributed by atoms with van der Waals surface area (Å²) in [5, 5.41) is 3.95. The zero-order valence-electron chi connectivity index (χ0n) is 14.4. The number of benzene rings is 1. The molecule has 0 radical (unpaired) electrons. The van der Waals surface area contributed by atoms with Crippen LogP contribution in [0.3, 0.4) is 0 Å². The van der Waals surface area contributed by atoms with Crippen molar-refractivity contribution < 1.29 is 4.79 Å². The van der Waals surface area contributed by atoms with Gasteiger partial charge in [0.15, 0.2) is 0 Å². The molecule has 1 N–H and O–H groups in total. The maximum Gasteiger partial charge on any atom is 0.255 e. The molecule has 2 aromatic rings. The fourth-order valence-corrected chi connectivity index (χ4v) is 3.09. The highest BCUT2D eigenvalue weighted by Crippen LogP contribution is 2.21. The number of halogens is 1. The minimum atomic E-state index is 0.0419. The lowest BCUT2D eigenvalue weighted by molar-refractivity contribution is 0.0746. The zero-order valence-corrected chi connectivity index (χ0v) is 15.2. The van der Waals surface area contributed by atoms with Crippen LogP contribution in [-0.4, -0.2) is 48.5 Å². The molecule has 0 unspecified atom stereocenters. The number of hydrogen-bond donors (Lipinski definition) is 1. The summed E-state index contributed by atoms with van der Waals surface area (Å²) in [7, 11) is 0. The molecule has 0 saturated carbocycles. The van der Waals surface area contributed by atoms with Gasteiger partial charge in [0.1, 0.15) is 5.82 Å². The Labute approximate surface area is 153 Å². The summed E-state index contributed by atoms with van der Waals surface area (Å²) < 4.78 is 0. The Hall–Kier alpha value is -2.27. The molecule has 0 bridgehead atoms. The van der Waals surface area contributed by atoms with Crippen molar-refractivity contribution in [1.82, 2.24) is 9.88 Å². The third kappa shape index (κ3) is 4.42.